The average Bonchev–Trinajstić information content (AvgIpc) is 2.45. The van der Waals surface area contributed by atoms with Crippen LogP contribution in [0.15, 0.2) is 0 Å². The second kappa shape index (κ2) is 12.2. The number of hydrogen-bond acceptors (Lipinski definition) is 7. The third-order valence-electron chi connectivity index (χ3n) is 2.98. The molecular weight excluding hydrogens is 280 g/mol. The van der Waals surface area contributed by atoms with Crippen LogP contribution in [0, 0.1) is 0 Å². The van der Waals surface area contributed by atoms with Gasteiger partial charge in [0.15, 0.2) is 0 Å². The molecule has 0 spiro atoms. The maximum Gasteiger partial charge on any atom is 0.500 e. The molecule has 0 atom stereocenters. The molecule has 0 fully saturated rings. The molecule has 0 saturated carbocycles. The molecular formula is C12H28N2O5Si. The number of hydrogen-bond donors (Lipinski definition) is 2. The van der Waals surface area contributed by atoms with Gasteiger partial charge in [-0.05, 0) is 12.8 Å². The van der Waals surface area contributed by atoms with Crippen molar-refractivity contribution in [2.24, 2.45) is 0 Å². The Hall–Kier alpha value is -0.513. The van der Waals surface area contributed by atoms with E-state index < -0.39 is 8.80 Å². The lowest BCUT2D eigenvalue weighted by atomic mass is 10.1. The van der Waals surface area contributed by atoms with Gasteiger partial charge in [-0.2, -0.15) is 0 Å². The molecule has 7 nitrogen and oxygen atoms in total. The molecule has 0 saturated heterocycles. The van der Waals surface area contributed by atoms with Crippen molar-refractivity contribution in [2.75, 3.05) is 27.9 Å². The van der Waals surface area contributed by atoms with Crippen LogP contribution in [0.3, 0.4) is 0 Å². The molecule has 0 aliphatic heterocycles. The Bertz CT molecular complexity index is 244. The van der Waals surface area contributed by atoms with Crippen LogP contribution in [0.25, 0.3) is 0 Å². The van der Waals surface area contributed by atoms with E-state index in [1.54, 1.807) is 21.3 Å². The highest BCUT2D eigenvalue weighted by molar-refractivity contribution is 6.60. The van der Waals surface area contributed by atoms with Gasteiger partial charge in [0.05, 0.1) is 0 Å². The van der Waals surface area contributed by atoms with Crippen molar-refractivity contribution < 1.29 is 22.9 Å². The predicted octanol–water partition coefficient (Wildman–Crippen LogP) is 1.39. The first-order chi connectivity index (χ1) is 9.60. The molecule has 0 unspecified atom stereocenters. The van der Waals surface area contributed by atoms with Crippen LogP contribution in [-0.4, -0.2) is 42.6 Å². The van der Waals surface area contributed by atoms with Crippen LogP contribution in [0.4, 0.5) is 0 Å². The Morgan fingerprint density at radius 2 is 1.50 bits per heavy atom. The molecule has 0 heterocycles. The summed E-state index contributed by atoms with van der Waals surface area (Å²) in [5.74, 6) is -0.362. The summed E-state index contributed by atoms with van der Waals surface area (Å²) in [5, 5.41) is 0. The normalized spacial score (nSPS) is 11.6. The van der Waals surface area contributed by atoms with E-state index in [0.717, 1.165) is 44.7 Å². The number of nitrogens with one attached hydrogen (secondary N) is 2. The smallest absolute Gasteiger partial charge is 0.377 e. The number of hydrazine groups is 1. The lowest BCUT2D eigenvalue weighted by Crippen LogP contribution is -2.42. The maximum absolute atomic E-state index is 10.5. The highest BCUT2D eigenvalue weighted by atomic mass is 28.4. The van der Waals surface area contributed by atoms with E-state index in [-0.39, 0.29) is 5.97 Å². The van der Waals surface area contributed by atoms with Gasteiger partial charge in [0.1, 0.15) is 0 Å². The maximum atomic E-state index is 10.5. The highest BCUT2D eigenvalue weighted by Gasteiger charge is 2.36. The second-order valence-corrected chi connectivity index (χ2v) is 7.53. The molecule has 0 aromatic rings. The predicted molar refractivity (Wildman–Crippen MR) is 77.6 cm³/mol. The van der Waals surface area contributed by atoms with E-state index in [4.69, 9.17) is 13.3 Å². The summed E-state index contributed by atoms with van der Waals surface area (Å²) in [7, 11) is 2.53. The van der Waals surface area contributed by atoms with E-state index >= 15 is 0 Å². The zero-order valence-corrected chi connectivity index (χ0v) is 14.0. The number of carbonyl (C=O) groups excluding carboxylic acids is 1. The van der Waals surface area contributed by atoms with Gasteiger partial charge in [0, 0.05) is 40.8 Å². The van der Waals surface area contributed by atoms with Crippen molar-refractivity contribution >= 4 is 14.8 Å². The summed E-state index contributed by atoms with van der Waals surface area (Å²) in [5.41, 5.74) is 5.20. The van der Waals surface area contributed by atoms with Crippen molar-refractivity contribution in [2.45, 2.75) is 45.1 Å². The molecule has 20 heavy (non-hydrogen) atoms. The van der Waals surface area contributed by atoms with Crippen molar-refractivity contribution in [3.8, 4) is 0 Å². The molecule has 120 valence electrons. The summed E-state index contributed by atoms with van der Waals surface area (Å²) in [6, 6.07) is 0.850. The van der Waals surface area contributed by atoms with Gasteiger partial charge >= 0.3 is 14.8 Å². The molecule has 0 radical (unpaired) electrons. The fourth-order valence-corrected chi connectivity index (χ4v) is 3.60. The van der Waals surface area contributed by atoms with Gasteiger partial charge in [0.25, 0.3) is 0 Å². The first kappa shape index (κ1) is 19.5. The van der Waals surface area contributed by atoms with Gasteiger partial charge in [-0.3, -0.25) is 4.79 Å². The molecule has 0 aliphatic carbocycles. The Labute approximate surface area is 122 Å². The van der Waals surface area contributed by atoms with Crippen LogP contribution < -0.4 is 11.0 Å². The van der Waals surface area contributed by atoms with Crippen molar-refractivity contribution in [1.82, 2.24) is 11.0 Å². The summed E-state index contributed by atoms with van der Waals surface area (Å²) in [6.45, 7) is 2.11. The third-order valence-corrected chi connectivity index (χ3v) is 5.82. The average molecular weight is 308 g/mol. The minimum atomic E-state index is -2.39. The molecule has 0 amide bonds. The molecule has 0 aromatic carbocycles. The Morgan fingerprint density at radius 1 is 0.950 bits per heavy atom. The molecule has 0 aliphatic rings. The van der Waals surface area contributed by atoms with Crippen LogP contribution in [0.2, 0.25) is 6.04 Å². The zero-order valence-electron chi connectivity index (χ0n) is 13.0. The summed E-state index contributed by atoms with van der Waals surface area (Å²) in [6.07, 6.45) is 5.46. The van der Waals surface area contributed by atoms with Crippen molar-refractivity contribution in [1.29, 1.82) is 0 Å². The molecule has 8 heteroatoms. The first-order valence-corrected chi connectivity index (χ1v) is 8.84. The fourth-order valence-electron chi connectivity index (χ4n) is 1.80. The van der Waals surface area contributed by atoms with E-state index in [1.807, 2.05) is 0 Å². The fraction of sp³-hybridized carbons (Fsp3) is 0.917. The Morgan fingerprint density at radius 3 is 2.05 bits per heavy atom. The summed E-state index contributed by atoms with van der Waals surface area (Å²) < 4.78 is 16.1. The molecule has 0 rings (SSSR count). The summed E-state index contributed by atoms with van der Waals surface area (Å²) in [4.78, 5) is 15.0. The SMILES string of the molecule is CO[Si](CCCCCCCNNOC(C)=O)(OC)OC. The lowest BCUT2D eigenvalue weighted by Gasteiger charge is -2.24. The second-order valence-electron chi connectivity index (χ2n) is 4.44. The minimum absolute atomic E-state index is 0.362. The van der Waals surface area contributed by atoms with Gasteiger partial charge in [0.2, 0.25) is 0 Å². The van der Waals surface area contributed by atoms with Crippen LogP contribution in [-0.2, 0) is 22.9 Å². The van der Waals surface area contributed by atoms with Gasteiger partial charge < -0.3 is 18.1 Å². The Kier molecular flexibility index (Phi) is 11.9. The number of carbonyl (C=O) groups is 1. The van der Waals surface area contributed by atoms with E-state index in [1.165, 1.54) is 6.92 Å². The number of rotatable bonds is 13. The van der Waals surface area contributed by atoms with Gasteiger partial charge in [-0.25, -0.2) is 5.43 Å². The molecule has 0 bridgehead atoms. The quantitative estimate of drug-likeness (QED) is 0.302. The molecule has 2 N–H and O–H groups in total. The zero-order chi connectivity index (χ0) is 15.3. The molecule has 0 aromatic heterocycles. The van der Waals surface area contributed by atoms with Crippen LogP contribution in [0.5, 0.6) is 0 Å². The summed E-state index contributed by atoms with van der Waals surface area (Å²) >= 11 is 0. The minimum Gasteiger partial charge on any atom is -0.377 e. The topological polar surface area (TPSA) is 78.0 Å². The van der Waals surface area contributed by atoms with Gasteiger partial charge in [-0.1, -0.05) is 24.9 Å². The Balaban J connectivity index is 3.38. The van der Waals surface area contributed by atoms with Gasteiger partial charge in [-0.15, -0.1) is 0 Å². The van der Waals surface area contributed by atoms with E-state index in [9.17, 15) is 4.79 Å². The third kappa shape index (κ3) is 9.40. The largest absolute Gasteiger partial charge is 0.500 e. The standard InChI is InChI=1S/C12H28N2O5Si/c1-12(15)19-14-13-10-8-6-5-7-9-11-20(16-2,17-3)18-4/h13-14H,5-11H2,1-4H3. The van der Waals surface area contributed by atoms with E-state index in [2.05, 4.69) is 15.9 Å². The van der Waals surface area contributed by atoms with Crippen LogP contribution >= 0.6 is 0 Å². The van der Waals surface area contributed by atoms with Crippen molar-refractivity contribution in [3.05, 3.63) is 0 Å². The van der Waals surface area contributed by atoms with E-state index in [0.29, 0.717) is 0 Å². The van der Waals surface area contributed by atoms with Crippen LogP contribution in [0.1, 0.15) is 39.0 Å². The highest BCUT2D eigenvalue weighted by Crippen LogP contribution is 2.17. The lowest BCUT2D eigenvalue weighted by molar-refractivity contribution is -0.150. The monoisotopic (exact) mass is 308 g/mol. The van der Waals surface area contributed by atoms with Crippen molar-refractivity contribution in [3.63, 3.8) is 0 Å². The first-order valence-electron chi connectivity index (χ1n) is 6.91. The number of unbranched alkanes of at least 4 members (excludes halogenated alkanes) is 4.